The van der Waals surface area contributed by atoms with Crippen LogP contribution in [0.5, 0.6) is 17.2 Å². The van der Waals surface area contributed by atoms with Gasteiger partial charge in [0.2, 0.25) is 5.75 Å². The zero-order valence-electron chi connectivity index (χ0n) is 22.9. The molecule has 1 heterocycles. The van der Waals surface area contributed by atoms with Gasteiger partial charge in [0.25, 0.3) is 11.2 Å². The van der Waals surface area contributed by atoms with Crippen molar-refractivity contribution >= 4 is 11.5 Å². The molecule has 0 saturated heterocycles. The lowest BCUT2D eigenvalue weighted by Gasteiger charge is -2.20. The van der Waals surface area contributed by atoms with Gasteiger partial charge in [-0.3, -0.25) is 24.0 Å². The monoisotopic (exact) mass is 541 g/mol. The third-order valence-corrected chi connectivity index (χ3v) is 6.59. The normalized spacial score (nSPS) is 11.6. The Hall–Kier alpha value is -4.32. The van der Waals surface area contributed by atoms with Crippen LogP contribution in [0.1, 0.15) is 23.5 Å². The van der Waals surface area contributed by atoms with Gasteiger partial charge in [0, 0.05) is 45.4 Å². The fraction of sp³-hybridized carbons (Fsp3) is 0.407. The van der Waals surface area contributed by atoms with Gasteiger partial charge in [0.15, 0.2) is 11.5 Å². The number of rotatable bonds is 14. The highest BCUT2D eigenvalue weighted by Crippen LogP contribution is 2.39. The summed E-state index contributed by atoms with van der Waals surface area (Å²) < 4.78 is 18.9. The summed E-state index contributed by atoms with van der Waals surface area (Å²) in [7, 11) is 7.73. The number of hydrogen-bond donors (Lipinski definition) is 2. The number of non-ortho nitro benzene ring substituents is 1. The average Bonchev–Trinajstić information content (AvgIpc) is 2.94. The van der Waals surface area contributed by atoms with Crippen molar-refractivity contribution in [1.82, 2.24) is 14.5 Å². The van der Waals surface area contributed by atoms with Gasteiger partial charge in [0.1, 0.15) is 5.82 Å². The molecule has 0 aliphatic carbocycles. The summed E-state index contributed by atoms with van der Waals surface area (Å²) >= 11 is 0. The molecule has 0 amide bonds. The molecule has 0 fully saturated rings. The lowest BCUT2D eigenvalue weighted by molar-refractivity contribution is -0.384. The van der Waals surface area contributed by atoms with Gasteiger partial charge in [-0.1, -0.05) is 12.1 Å². The lowest BCUT2D eigenvalue weighted by Crippen LogP contribution is -2.38. The minimum atomic E-state index is -0.412. The second kappa shape index (κ2) is 13.5. The van der Waals surface area contributed by atoms with Gasteiger partial charge in [-0.05, 0) is 48.6 Å². The molecule has 0 bridgehead atoms. The molecule has 1 aromatic heterocycles. The third-order valence-electron chi connectivity index (χ3n) is 6.59. The number of anilines is 1. The second-order valence-electron chi connectivity index (χ2n) is 9.02. The fourth-order valence-corrected chi connectivity index (χ4v) is 4.38. The first-order valence-corrected chi connectivity index (χ1v) is 12.4. The quantitative estimate of drug-likeness (QED) is 0.179. The molecule has 0 aliphatic rings. The third kappa shape index (κ3) is 7.17. The molecule has 12 nitrogen and oxygen atoms in total. The predicted molar refractivity (Wildman–Crippen MR) is 149 cm³/mol. The van der Waals surface area contributed by atoms with Gasteiger partial charge < -0.3 is 24.8 Å². The first kappa shape index (κ1) is 29.2. The summed E-state index contributed by atoms with van der Waals surface area (Å²) in [5.41, 5.74) is 1.23. The molecule has 3 rings (SSSR count). The molecule has 2 N–H and O–H groups in total. The van der Waals surface area contributed by atoms with Crippen LogP contribution in [-0.2, 0) is 20.5 Å². The Kier molecular flexibility index (Phi) is 10.1. The minimum Gasteiger partial charge on any atom is -0.493 e. The van der Waals surface area contributed by atoms with E-state index < -0.39 is 10.6 Å². The highest BCUT2D eigenvalue weighted by atomic mass is 16.6. The van der Waals surface area contributed by atoms with E-state index in [1.807, 2.05) is 12.1 Å². The van der Waals surface area contributed by atoms with E-state index >= 15 is 0 Å². The van der Waals surface area contributed by atoms with Gasteiger partial charge in [-0.2, -0.15) is 0 Å². The number of ether oxygens (including phenoxy) is 3. The lowest BCUT2D eigenvalue weighted by atomic mass is 9.89. The molecule has 39 heavy (non-hydrogen) atoms. The average molecular weight is 542 g/mol. The maximum Gasteiger partial charge on any atom is 0.332 e. The smallest absolute Gasteiger partial charge is 0.332 e. The highest BCUT2D eigenvalue weighted by Gasteiger charge is 2.18. The standard InChI is InChI=1S/C27H35N5O7/c1-30-24(17-25(33)31(2)27(30)34)29-13-12-28-11-10-20(19-6-8-21(9-7-19)32(35)36)14-18-15-22(37-3)26(39-5)23(16-18)38-4/h6-9,15-17,20,28-29H,10-14H2,1-5H3. The first-order chi connectivity index (χ1) is 18.7. The highest BCUT2D eigenvalue weighted by molar-refractivity contribution is 5.54. The van der Waals surface area contributed by atoms with E-state index in [0.29, 0.717) is 49.1 Å². The molecule has 3 aromatic rings. The number of benzene rings is 2. The minimum absolute atomic E-state index is 0.0413. The zero-order valence-corrected chi connectivity index (χ0v) is 22.9. The summed E-state index contributed by atoms with van der Waals surface area (Å²) in [5, 5.41) is 17.6. The maximum absolute atomic E-state index is 12.1. The first-order valence-electron chi connectivity index (χ1n) is 12.4. The number of nitrogens with one attached hydrogen (secondary N) is 2. The fourth-order valence-electron chi connectivity index (χ4n) is 4.38. The molecule has 0 saturated carbocycles. The van der Waals surface area contributed by atoms with Crippen molar-refractivity contribution in [2.45, 2.75) is 18.8 Å². The van der Waals surface area contributed by atoms with Crippen molar-refractivity contribution in [2.24, 2.45) is 14.1 Å². The number of methoxy groups -OCH3 is 3. The Balaban J connectivity index is 1.69. The van der Waals surface area contributed by atoms with E-state index in [1.165, 1.54) is 29.8 Å². The van der Waals surface area contributed by atoms with Crippen LogP contribution >= 0.6 is 0 Å². The van der Waals surface area contributed by atoms with Crippen LogP contribution in [0.4, 0.5) is 11.5 Å². The zero-order chi connectivity index (χ0) is 28.5. The number of aromatic nitrogens is 2. The topological polar surface area (TPSA) is 139 Å². The Morgan fingerprint density at radius 1 is 0.897 bits per heavy atom. The Bertz CT molecular complexity index is 1370. The number of nitrogens with zero attached hydrogens (tertiary/aromatic N) is 3. The van der Waals surface area contributed by atoms with E-state index in [0.717, 1.165) is 22.1 Å². The van der Waals surface area contributed by atoms with Gasteiger partial charge >= 0.3 is 5.69 Å². The summed E-state index contributed by atoms with van der Waals surface area (Å²) in [5.74, 6) is 2.13. The van der Waals surface area contributed by atoms with Crippen molar-refractivity contribution in [1.29, 1.82) is 0 Å². The summed E-state index contributed by atoms with van der Waals surface area (Å²) in [6.45, 7) is 1.78. The Morgan fingerprint density at radius 3 is 2.10 bits per heavy atom. The molecule has 0 radical (unpaired) electrons. The van der Waals surface area contributed by atoms with Gasteiger partial charge in [0.05, 0.1) is 26.3 Å². The van der Waals surface area contributed by atoms with E-state index in [2.05, 4.69) is 10.6 Å². The number of nitro benzene ring substituents is 1. The molecule has 0 aliphatic heterocycles. The second-order valence-corrected chi connectivity index (χ2v) is 9.02. The van der Waals surface area contributed by atoms with Crippen molar-refractivity contribution in [3.05, 3.63) is 84.5 Å². The molecule has 12 heteroatoms. The molecule has 2 aromatic carbocycles. The Morgan fingerprint density at radius 2 is 1.54 bits per heavy atom. The van der Waals surface area contributed by atoms with E-state index in [4.69, 9.17) is 14.2 Å². The molecule has 1 unspecified atom stereocenters. The SMILES string of the molecule is COc1cc(CC(CCNCCNc2cc(=O)n(C)c(=O)n2C)c2ccc([N+](=O)[O-])cc2)cc(OC)c1OC. The van der Waals surface area contributed by atoms with Crippen molar-refractivity contribution in [3.8, 4) is 17.2 Å². The summed E-state index contributed by atoms with van der Waals surface area (Å²) in [6.07, 6.45) is 1.39. The van der Waals surface area contributed by atoms with Crippen molar-refractivity contribution < 1.29 is 19.1 Å². The maximum atomic E-state index is 12.1. The summed E-state index contributed by atoms with van der Waals surface area (Å²) in [6, 6.07) is 11.8. The molecular formula is C27H35N5O7. The molecule has 1 atom stereocenters. The van der Waals surface area contributed by atoms with Crippen LogP contribution in [0.15, 0.2) is 52.1 Å². The number of hydrogen-bond acceptors (Lipinski definition) is 9. The van der Waals surface area contributed by atoms with Crippen LogP contribution < -0.4 is 36.1 Å². The molecule has 210 valence electrons. The largest absolute Gasteiger partial charge is 0.493 e. The van der Waals surface area contributed by atoms with Crippen LogP contribution in [0.25, 0.3) is 0 Å². The summed E-state index contributed by atoms with van der Waals surface area (Å²) in [4.78, 5) is 34.7. The van der Waals surface area contributed by atoms with E-state index in [9.17, 15) is 19.7 Å². The Labute approximate surface area is 226 Å². The van der Waals surface area contributed by atoms with Crippen molar-refractivity contribution in [2.75, 3.05) is 46.3 Å². The van der Waals surface area contributed by atoms with Gasteiger partial charge in [-0.25, -0.2) is 4.79 Å². The predicted octanol–water partition coefficient (Wildman–Crippen LogP) is 2.44. The molecular weight excluding hydrogens is 506 g/mol. The van der Waals surface area contributed by atoms with Crippen LogP contribution in [-0.4, -0.2) is 55.0 Å². The van der Waals surface area contributed by atoms with E-state index in [1.54, 1.807) is 40.5 Å². The van der Waals surface area contributed by atoms with Crippen LogP contribution in [0, 0.1) is 10.1 Å². The van der Waals surface area contributed by atoms with Crippen LogP contribution in [0.2, 0.25) is 0 Å². The van der Waals surface area contributed by atoms with E-state index in [-0.39, 0.29) is 17.2 Å². The van der Waals surface area contributed by atoms with Crippen LogP contribution in [0.3, 0.4) is 0 Å². The van der Waals surface area contributed by atoms with Crippen molar-refractivity contribution in [3.63, 3.8) is 0 Å². The van der Waals surface area contributed by atoms with Gasteiger partial charge in [-0.15, -0.1) is 0 Å². The number of nitro groups is 1. The molecule has 0 spiro atoms.